The summed E-state index contributed by atoms with van der Waals surface area (Å²) in [5.41, 5.74) is 9.88. The number of carbonyl (C=O) groups excluding carboxylic acids is 2. The number of aryl methyl sites for hydroxylation is 2. The van der Waals surface area contributed by atoms with Crippen LogP contribution in [-0.4, -0.2) is 63.1 Å². The zero-order valence-electron chi connectivity index (χ0n) is 27.1. The number of nitrogen functional groups attached to an aromatic ring is 1. The maximum Gasteiger partial charge on any atom is 0.283 e. The molecule has 47 heavy (non-hydrogen) atoms. The van der Waals surface area contributed by atoms with Gasteiger partial charge in [0.25, 0.3) is 11.8 Å². The second-order valence-electron chi connectivity index (χ2n) is 12.5. The van der Waals surface area contributed by atoms with Crippen molar-refractivity contribution in [1.82, 2.24) is 24.8 Å². The van der Waals surface area contributed by atoms with Crippen LogP contribution >= 0.6 is 11.6 Å². The molecule has 2 amide bonds. The number of halogens is 3. The number of fused-ring (bicyclic) bond motifs is 1. The summed E-state index contributed by atoms with van der Waals surface area (Å²) >= 11 is 6.65. The number of pyridine rings is 2. The molecule has 244 valence electrons. The number of aromatic nitrogens is 3. The quantitative estimate of drug-likeness (QED) is 0.153. The van der Waals surface area contributed by atoms with Crippen molar-refractivity contribution in [3.8, 4) is 34.2 Å². The van der Waals surface area contributed by atoms with E-state index in [1.165, 1.54) is 6.20 Å². The molecular weight excluding hydrogens is 624 g/mol. The smallest absolute Gasteiger partial charge is 0.283 e. The molecule has 1 aromatic carbocycles. The van der Waals surface area contributed by atoms with E-state index in [1.54, 1.807) is 30.5 Å². The molecule has 9 nitrogen and oxygen atoms in total. The van der Waals surface area contributed by atoms with Gasteiger partial charge in [0.15, 0.2) is 5.83 Å². The average molecular weight is 660 g/mol. The van der Waals surface area contributed by atoms with E-state index in [1.807, 2.05) is 51.4 Å². The highest BCUT2D eigenvalue weighted by Crippen LogP contribution is 2.45. The molecule has 0 saturated heterocycles. The Labute approximate surface area is 277 Å². The lowest BCUT2D eigenvalue weighted by atomic mass is 9.96. The van der Waals surface area contributed by atoms with Crippen molar-refractivity contribution in [2.75, 3.05) is 31.7 Å². The molecule has 3 heterocycles. The van der Waals surface area contributed by atoms with E-state index in [9.17, 15) is 18.4 Å². The fourth-order valence-electron chi connectivity index (χ4n) is 5.11. The van der Waals surface area contributed by atoms with E-state index >= 15 is 0 Å². The lowest BCUT2D eigenvalue weighted by Gasteiger charge is -2.26. The number of rotatable bonds is 8. The SMILES string of the molecule is C=C(F)C(=O)Nc1ccc(-c2c(-c3cnc(C(=O)NCC4(F)CC4)c(Cl)c3)c3c(N)ncc(C#CC(C)(C)N(C)C)c3n2C)c(C)c1. The topological polar surface area (TPSA) is 118 Å². The van der Waals surface area contributed by atoms with Crippen molar-refractivity contribution in [2.24, 2.45) is 7.05 Å². The van der Waals surface area contributed by atoms with Gasteiger partial charge in [-0.05, 0) is 71.5 Å². The number of hydrogen-bond donors (Lipinski definition) is 3. The maximum atomic E-state index is 14.2. The number of alkyl halides is 1. The van der Waals surface area contributed by atoms with Crippen LogP contribution < -0.4 is 16.4 Å². The lowest BCUT2D eigenvalue weighted by Crippen LogP contribution is -2.36. The Morgan fingerprint density at radius 3 is 2.51 bits per heavy atom. The highest BCUT2D eigenvalue weighted by atomic mass is 35.5. The molecule has 4 N–H and O–H groups in total. The molecule has 1 aliphatic carbocycles. The van der Waals surface area contributed by atoms with Gasteiger partial charge in [-0.2, -0.15) is 0 Å². The highest BCUT2D eigenvalue weighted by molar-refractivity contribution is 6.34. The number of carbonyl (C=O) groups is 2. The van der Waals surface area contributed by atoms with Gasteiger partial charge in [-0.15, -0.1) is 0 Å². The van der Waals surface area contributed by atoms with Gasteiger partial charge in [0.1, 0.15) is 17.2 Å². The van der Waals surface area contributed by atoms with Gasteiger partial charge in [-0.3, -0.25) is 14.5 Å². The summed E-state index contributed by atoms with van der Waals surface area (Å²) in [7, 11) is 5.78. The van der Waals surface area contributed by atoms with Crippen molar-refractivity contribution in [3.63, 3.8) is 0 Å². The van der Waals surface area contributed by atoms with E-state index < -0.39 is 28.8 Å². The molecule has 0 unspecified atom stereocenters. The Bertz CT molecular complexity index is 2020. The monoisotopic (exact) mass is 659 g/mol. The molecule has 12 heteroatoms. The third-order valence-electron chi connectivity index (χ3n) is 8.55. The van der Waals surface area contributed by atoms with Crippen molar-refractivity contribution in [3.05, 3.63) is 70.9 Å². The fourth-order valence-corrected chi connectivity index (χ4v) is 5.36. The second-order valence-corrected chi connectivity index (χ2v) is 13.0. The first-order chi connectivity index (χ1) is 22.0. The standard InChI is InChI=1S/C35H36ClF2N7O2/c1-19-14-23(43-32(46)20(2)37)8-9-24(19)30-26(22-15-25(36)28(40-17-22)33(47)42-18-35(38)12-13-35)27-29(45(30)7)21(16-41-31(27)39)10-11-34(3,4)44(5)6/h8-9,14-17H,2,12-13,18H2,1,3-7H3,(H2,39,41)(H,42,47)(H,43,46). The van der Waals surface area contributed by atoms with Crippen molar-refractivity contribution in [2.45, 2.75) is 44.8 Å². The molecular formula is C35H36ClF2N7O2. The van der Waals surface area contributed by atoms with Crippen LogP contribution in [0.5, 0.6) is 0 Å². The zero-order chi connectivity index (χ0) is 34.4. The molecule has 0 aliphatic heterocycles. The van der Waals surface area contributed by atoms with E-state index in [0.29, 0.717) is 51.8 Å². The zero-order valence-corrected chi connectivity index (χ0v) is 27.9. The van der Waals surface area contributed by atoms with Gasteiger partial charge in [0, 0.05) is 41.8 Å². The minimum absolute atomic E-state index is 0.0317. The molecule has 0 spiro atoms. The third kappa shape index (κ3) is 6.70. The van der Waals surface area contributed by atoms with Crippen LogP contribution in [-0.2, 0) is 11.8 Å². The predicted molar refractivity (Wildman–Crippen MR) is 182 cm³/mol. The molecule has 0 atom stereocenters. The second kappa shape index (κ2) is 12.4. The predicted octanol–water partition coefficient (Wildman–Crippen LogP) is 6.19. The number of nitrogens with zero attached hydrogens (tertiary/aromatic N) is 4. The molecule has 1 saturated carbocycles. The van der Waals surface area contributed by atoms with Crippen LogP contribution in [0.1, 0.15) is 48.3 Å². The summed E-state index contributed by atoms with van der Waals surface area (Å²) in [6, 6.07) is 6.79. The van der Waals surface area contributed by atoms with Gasteiger partial charge >= 0.3 is 0 Å². The van der Waals surface area contributed by atoms with Crippen LogP contribution in [0.2, 0.25) is 5.02 Å². The largest absolute Gasteiger partial charge is 0.383 e. The van der Waals surface area contributed by atoms with Gasteiger partial charge in [-0.25, -0.2) is 18.7 Å². The van der Waals surface area contributed by atoms with Crippen LogP contribution in [0.15, 0.2) is 49.1 Å². The number of benzene rings is 1. The molecule has 5 rings (SSSR count). The maximum absolute atomic E-state index is 14.2. The summed E-state index contributed by atoms with van der Waals surface area (Å²) in [5.74, 6) is 4.25. The molecule has 1 fully saturated rings. The molecule has 4 aromatic rings. The van der Waals surface area contributed by atoms with Crippen LogP contribution in [0.4, 0.5) is 20.3 Å². The number of nitrogens with two attached hydrogens (primary N) is 1. The summed E-state index contributed by atoms with van der Waals surface area (Å²) in [6.07, 6.45) is 3.97. The molecule has 0 radical (unpaired) electrons. The first kappa shape index (κ1) is 33.6. The first-order valence-electron chi connectivity index (χ1n) is 14.9. The normalized spacial score (nSPS) is 13.7. The van der Waals surface area contributed by atoms with Crippen molar-refractivity contribution >= 4 is 45.8 Å². The molecule has 0 bridgehead atoms. The van der Waals surface area contributed by atoms with E-state index in [2.05, 4.69) is 39.0 Å². The van der Waals surface area contributed by atoms with E-state index in [0.717, 1.165) is 11.1 Å². The number of anilines is 2. The van der Waals surface area contributed by atoms with E-state index in [4.69, 9.17) is 17.3 Å². The summed E-state index contributed by atoms with van der Waals surface area (Å²) < 4.78 is 29.5. The van der Waals surface area contributed by atoms with Crippen molar-refractivity contribution in [1.29, 1.82) is 0 Å². The Hall–Kier alpha value is -4.79. The number of amides is 2. The fraction of sp³-hybridized carbons (Fsp3) is 0.314. The minimum atomic E-state index is -1.37. The summed E-state index contributed by atoms with van der Waals surface area (Å²) in [6.45, 7) is 8.82. The minimum Gasteiger partial charge on any atom is -0.383 e. The van der Waals surface area contributed by atoms with Gasteiger partial charge < -0.3 is 20.9 Å². The third-order valence-corrected chi connectivity index (χ3v) is 8.84. The van der Waals surface area contributed by atoms with Crippen LogP contribution in [0.3, 0.4) is 0 Å². The van der Waals surface area contributed by atoms with Crippen LogP contribution in [0, 0.1) is 18.8 Å². The van der Waals surface area contributed by atoms with Gasteiger partial charge in [0.05, 0.1) is 39.3 Å². The molecule has 3 aromatic heterocycles. The Balaban J connectivity index is 1.72. The Kier molecular flexibility index (Phi) is 8.88. The summed E-state index contributed by atoms with van der Waals surface area (Å²) in [4.78, 5) is 35.7. The number of nitrogens with one attached hydrogen (secondary N) is 2. The van der Waals surface area contributed by atoms with E-state index in [-0.39, 0.29) is 23.1 Å². The van der Waals surface area contributed by atoms with Gasteiger partial charge in [0.2, 0.25) is 0 Å². The lowest BCUT2D eigenvalue weighted by molar-refractivity contribution is -0.114. The highest BCUT2D eigenvalue weighted by Gasteiger charge is 2.43. The number of hydrogen-bond acceptors (Lipinski definition) is 6. The van der Waals surface area contributed by atoms with Gasteiger partial charge in [-0.1, -0.05) is 36.1 Å². The molecule has 1 aliphatic rings. The summed E-state index contributed by atoms with van der Waals surface area (Å²) in [5, 5.41) is 5.75. The first-order valence-corrected chi connectivity index (χ1v) is 15.3. The van der Waals surface area contributed by atoms with Crippen molar-refractivity contribution < 1.29 is 18.4 Å². The average Bonchev–Trinajstić information content (AvgIpc) is 3.67. The van der Waals surface area contributed by atoms with Crippen LogP contribution in [0.25, 0.3) is 33.3 Å². The Morgan fingerprint density at radius 2 is 1.91 bits per heavy atom. The Morgan fingerprint density at radius 1 is 1.21 bits per heavy atom.